The molecule has 1 amide bonds. The van der Waals surface area contributed by atoms with Gasteiger partial charge in [-0.05, 0) is 100 Å². The van der Waals surface area contributed by atoms with Gasteiger partial charge in [-0.2, -0.15) is 0 Å². The lowest BCUT2D eigenvalue weighted by molar-refractivity contribution is 0.0915. The van der Waals surface area contributed by atoms with Crippen molar-refractivity contribution in [1.82, 2.24) is 10.2 Å². The third kappa shape index (κ3) is 5.84. The van der Waals surface area contributed by atoms with E-state index in [0.29, 0.717) is 17.5 Å². The zero-order valence-electron chi connectivity index (χ0n) is 21.0. The first-order chi connectivity index (χ1) is 17.4. The molecule has 1 atom stereocenters. The molecule has 7 heteroatoms. The lowest BCUT2D eigenvalue weighted by atomic mass is 9.83. The largest absolute Gasteiger partial charge is 0.464 e. The van der Waals surface area contributed by atoms with Crippen molar-refractivity contribution in [3.05, 3.63) is 65.9 Å². The van der Waals surface area contributed by atoms with Gasteiger partial charge in [0.2, 0.25) is 0 Å². The highest BCUT2D eigenvalue weighted by molar-refractivity contribution is 7.90. The van der Waals surface area contributed by atoms with Crippen molar-refractivity contribution in [3.63, 3.8) is 0 Å². The van der Waals surface area contributed by atoms with Crippen molar-refractivity contribution in [2.24, 2.45) is 5.92 Å². The number of amides is 1. The molecule has 2 aliphatic carbocycles. The lowest BCUT2D eigenvalue weighted by Crippen LogP contribution is -2.39. The second kappa shape index (κ2) is 10.8. The predicted molar refractivity (Wildman–Crippen MR) is 141 cm³/mol. The normalized spacial score (nSPS) is 23.5. The Morgan fingerprint density at radius 3 is 2.56 bits per heavy atom. The van der Waals surface area contributed by atoms with Gasteiger partial charge in [-0.15, -0.1) is 0 Å². The maximum absolute atomic E-state index is 12.6. The molecule has 5 rings (SSSR count). The van der Waals surface area contributed by atoms with Crippen LogP contribution in [-0.2, 0) is 9.84 Å². The fraction of sp³-hybridized carbons (Fsp3) is 0.483. The molecule has 0 aromatic heterocycles. The summed E-state index contributed by atoms with van der Waals surface area (Å²) in [5.74, 6) is 1.52. The Labute approximate surface area is 214 Å². The maximum atomic E-state index is 12.6. The van der Waals surface area contributed by atoms with Gasteiger partial charge in [0.05, 0.1) is 11.2 Å². The molecule has 2 aliphatic heterocycles. The van der Waals surface area contributed by atoms with Crippen LogP contribution in [0.1, 0.15) is 73.3 Å². The van der Waals surface area contributed by atoms with Crippen LogP contribution in [-0.4, -0.2) is 44.6 Å². The molecule has 0 spiro atoms. The van der Waals surface area contributed by atoms with E-state index >= 15 is 0 Å². The van der Waals surface area contributed by atoms with Crippen LogP contribution >= 0.6 is 0 Å². The smallest absolute Gasteiger partial charge is 0.251 e. The summed E-state index contributed by atoms with van der Waals surface area (Å²) in [6.07, 6.45) is 12.3. The third-order valence-electron chi connectivity index (χ3n) is 8.00. The van der Waals surface area contributed by atoms with E-state index in [1.54, 1.807) is 12.1 Å². The molecule has 192 valence electrons. The standard InChI is InChI=1S/C29H36N2O4S/c1-36(33,34)26-14-10-22(11-15-26)29(32)30-25-12-8-21(9-13-25)16-18-31-17-3-2-6-27(31)24-19-23-5-4-7-28(23)35-20-24/h4-5,7,10-11,14-15,19-21,25,27H,2-3,6,8-9,12-13,16-18H2,1H3,(H,30,32)/t21-,25-,27?. The first-order valence-electron chi connectivity index (χ1n) is 13.2. The Bertz CT molecular complexity index is 1240. The van der Waals surface area contributed by atoms with Crippen LogP contribution in [0.15, 0.2) is 64.1 Å². The van der Waals surface area contributed by atoms with Gasteiger partial charge in [-0.25, -0.2) is 8.42 Å². The van der Waals surface area contributed by atoms with Gasteiger partial charge in [-0.3, -0.25) is 9.69 Å². The molecule has 4 aliphatic rings. The van der Waals surface area contributed by atoms with Crippen molar-refractivity contribution >= 4 is 15.7 Å². The van der Waals surface area contributed by atoms with Crippen LogP contribution in [0.3, 0.4) is 0 Å². The minimum Gasteiger partial charge on any atom is -0.464 e. The van der Waals surface area contributed by atoms with Crippen LogP contribution in [0.5, 0.6) is 0 Å². The second-order valence-corrected chi connectivity index (χ2v) is 12.6. The number of fused-ring (bicyclic) bond motifs is 1. The van der Waals surface area contributed by atoms with Gasteiger partial charge < -0.3 is 9.73 Å². The van der Waals surface area contributed by atoms with E-state index in [9.17, 15) is 13.2 Å². The number of sulfone groups is 1. The van der Waals surface area contributed by atoms with Crippen LogP contribution in [0.2, 0.25) is 0 Å². The predicted octanol–water partition coefficient (Wildman–Crippen LogP) is 5.69. The topological polar surface area (TPSA) is 79.6 Å². The van der Waals surface area contributed by atoms with Gasteiger partial charge >= 0.3 is 0 Å². The number of nitrogens with zero attached hydrogens (tertiary/aromatic N) is 1. The highest BCUT2D eigenvalue weighted by Crippen LogP contribution is 2.36. The Balaban J connectivity index is 1.10. The molecule has 1 aromatic carbocycles. The van der Waals surface area contributed by atoms with Crippen molar-refractivity contribution in [2.45, 2.75) is 68.3 Å². The van der Waals surface area contributed by atoms with E-state index in [4.69, 9.17) is 4.42 Å². The number of benzene rings is 1. The molecule has 6 nitrogen and oxygen atoms in total. The monoisotopic (exact) mass is 508 g/mol. The van der Waals surface area contributed by atoms with Crippen molar-refractivity contribution < 1.29 is 17.6 Å². The number of likely N-dealkylation sites (tertiary alicyclic amines) is 1. The van der Waals surface area contributed by atoms with E-state index in [1.165, 1.54) is 55.2 Å². The average Bonchev–Trinajstić information content (AvgIpc) is 3.36. The average molecular weight is 509 g/mol. The van der Waals surface area contributed by atoms with Gasteiger partial charge in [0.25, 0.3) is 5.91 Å². The molecule has 1 unspecified atom stereocenters. The molecule has 1 N–H and O–H groups in total. The maximum Gasteiger partial charge on any atom is 0.251 e. The number of nitrogens with one attached hydrogen (secondary N) is 1. The van der Waals surface area contributed by atoms with E-state index in [2.05, 4.69) is 22.3 Å². The van der Waals surface area contributed by atoms with Gasteiger partial charge in [0, 0.05) is 35.0 Å². The summed E-state index contributed by atoms with van der Waals surface area (Å²) in [5, 5.41) is 3.15. The first kappa shape index (κ1) is 25.0. The number of carbonyl (C=O) groups excluding carboxylic acids is 1. The molecule has 2 fully saturated rings. The van der Waals surface area contributed by atoms with E-state index in [1.807, 2.05) is 18.4 Å². The van der Waals surface area contributed by atoms with E-state index in [0.717, 1.165) is 44.5 Å². The number of rotatable bonds is 7. The molecule has 1 saturated heterocycles. The fourth-order valence-corrected chi connectivity index (χ4v) is 6.50. The zero-order chi connectivity index (χ0) is 25.1. The molecular weight excluding hydrogens is 472 g/mol. The van der Waals surface area contributed by atoms with Crippen LogP contribution in [0, 0.1) is 5.92 Å². The lowest BCUT2D eigenvalue weighted by Gasteiger charge is -2.37. The molecule has 0 bridgehead atoms. The summed E-state index contributed by atoms with van der Waals surface area (Å²) in [5.41, 5.74) is 2.99. The van der Waals surface area contributed by atoms with Crippen LogP contribution < -0.4 is 5.32 Å². The summed E-state index contributed by atoms with van der Waals surface area (Å²) < 4.78 is 29.2. The first-order valence-corrected chi connectivity index (χ1v) is 15.1. The summed E-state index contributed by atoms with van der Waals surface area (Å²) in [6.45, 7) is 2.26. The Kier molecular flexibility index (Phi) is 7.49. The molecule has 0 radical (unpaired) electrons. The van der Waals surface area contributed by atoms with Crippen molar-refractivity contribution in [1.29, 1.82) is 0 Å². The SMILES string of the molecule is CS(=O)(=O)c1ccc(C(=O)N[C@H]2CC[C@H](CCN3CCCCC3c3coc4cccc-4c3)CC2)cc1. The molecule has 2 heterocycles. The van der Waals surface area contributed by atoms with Gasteiger partial charge in [0.15, 0.2) is 9.84 Å². The van der Waals surface area contributed by atoms with Crippen molar-refractivity contribution in [2.75, 3.05) is 19.3 Å². The third-order valence-corrected chi connectivity index (χ3v) is 9.13. The van der Waals surface area contributed by atoms with Gasteiger partial charge in [-0.1, -0.05) is 18.6 Å². The van der Waals surface area contributed by atoms with Crippen LogP contribution in [0.25, 0.3) is 11.3 Å². The highest BCUT2D eigenvalue weighted by Gasteiger charge is 2.28. The van der Waals surface area contributed by atoms with E-state index < -0.39 is 9.84 Å². The zero-order valence-corrected chi connectivity index (χ0v) is 21.8. The Hall–Kier alpha value is -2.64. The summed E-state index contributed by atoms with van der Waals surface area (Å²) in [6, 6.07) is 15.3. The second-order valence-electron chi connectivity index (χ2n) is 10.5. The molecule has 36 heavy (non-hydrogen) atoms. The summed E-state index contributed by atoms with van der Waals surface area (Å²) in [4.78, 5) is 15.5. The molecule has 1 aromatic rings. The molecule has 1 saturated carbocycles. The minimum absolute atomic E-state index is 0.123. The van der Waals surface area contributed by atoms with E-state index in [-0.39, 0.29) is 16.8 Å². The number of hydrogen-bond donors (Lipinski definition) is 1. The highest BCUT2D eigenvalue weighted by atomic mass is 32.2. The van der Waals surface area contributed by atoms with Gasteiger partial charge in [0.1, 0.15) is 5.76 Å². The Morgan fingerprint density at radius 2 is 1.81 bits per heavy atom. The van der Waals surface area contributed by atoms with Crippen molar-refractivity contribution in [3.8, 4) is 11.3 Å². The summed E-state index contributed by atoms with van der Waals surface area (Å²) >= 11 is 0. The number of hydrogen-bond acceptors (Lipinski definition) is 5. The van der Waals surface area contributed by atoms with Crippen LogP contribution in [0.4, 0.5) is 0 Å². The quantitative estimate of drug-likeness (QED) is 0.443. The number of carbonyl (C=O) groups is 1. The Morgan fingerprint density at radius 1 is 1.03 bits per heavy atom. The summed E-state index contributed by atoms with van der Waals surface area (Å²) in [7, 11) is -3.26. The fourth-order valence-electron chi connectivity index (χ4n) is 5.87. The number of piperidine rings is 1. The minimum atomic E-state index is -3.26. The molecular formula is C29H36N2O4S.